The summed E-state index contributed by atoms with van der Waals surface area (Å²) in [5, 5.41) is 0. The van der Waals surface area contributed by atoms with E-state index in [1.165, 1.54) is 6.42 Å². The summed E-state index contributed by atoms with van der Waals surface area (Å²) in [5.74, 6) is 0. The Morgan fingerprint density at radius 2 is 1.94 bits per heavy atom. The lowest BCUT2D eigenvalue weighted by atomic mass is 9.68. The molecule has 0 bridgehead atoms. The van der Waals surface area contributed by atoms with E-state index >= 15 is 0 Å². The van der Waals surface area contributed by atoms with Gasteiger partial charge in [-0.3, -0.25) is 0 Å². The highest BCUT2D eigenvalue weighted by Crippen LogP contribution is 2.41. The number of carbonyl (C=O) groups excluding carboxylic acids is 1. The molecule has 1 rings (SSSR count). The van der Waals surface area contributed by atoms with Crippen molar-refractivity contribution in [2.24, 2.45) is 11.1 Å². The van der Waals surface area contributed by atoms with Crippen LogP contribution >= 0.6 is 0 Å². The van der Waals surface area contributed by atoms with E-state index in [-0.39, 0.29) is 17.6 Å². The second-order valence-electron chi connectivity index (χ2n) is 6.76. The lowest BCUT2D eigenvalue weighted by Crippen LogP contribution is -2.52. The van der Waals surface area contributed by atoms with Gasteiger partial charge in [0, 0.05) is 18.0 Å². The van der Waals surface area contributed by atoms with Crippen LogP contribution < -0.4 is 5.73 Å². The summed E-state index contributed by atoms with van der Waals surface area (Å²) in [6.45, 7) is 11.1. The molecule has 4 heteroatoms. The second kappa shape index (κ2) is 5.47. The minimum Gasteiger partial charge on any atom is -0.444 e. The molecule has 0 saturated heterocycles. The lowest BCUT2D eigenvalue weighted by Gasteiger charge is -2.45. The quantitative estimate of drug-likeness (QED) is 0.841. The molecule has 1 fully saturated rings. The molecule has 0 aromatic rings. The highest BCUT2D eigenvalue weighted by molar-refractivity contribution is 5.68. The first kappa shape index (κ1) is 15.3. The smallest absolute Gasteiger partial charge is 0.410 e. The number of ether oxygens (including phenoxy) is 1. The van der Waals surface area contributed by atoms with E-state index in [9.17, 15) is 4.79 Å². The molecule has 0 unspecified atom stereocenters. The van der Waals surface area contributed by atoms with Crippen molar-refractivity contribution in [1.82, 2.24) is 4.90 Å². The van der Waals surface area contributed by atoms with Crippen molar-refractivity contribution in [2.45, 2.75) is 65.5 Å². The Bertz CT molecular complexity index is 285. The van der Waals surface area contributed by atoms with E-state index < -0.39 is 5.60 Å². The topological polar surface area (TPSA) is 55.6 Å². The summed E-state index contributed by atoms with van der Waals surface area (Å²) >= 11 is 0. The van der Waals surface area contributed by atoms with E-state index in [1.807, 2.05) is 39.5 Å². The summed E-state index contributed by atoms with van der Waals surface area (Å²) in [6.07, 6.45) is 3.24. The standard InChI is InChI=1S/C14H28N2O2/c1-11(2)16(12(17)18-13(3,4)5)10-14(9-15)7-6-8-14/h11H,6-10,15H2,1-5H3. The fourth-order valence-electron chi connectivity index (χ4n) is 2.24. The van der Waals surface area contributed by atoms with E-state index in [1.54, 1.807) is 0 Å². The van der Waals surface area contributed by atoms with E-state index in [0.717, 1.165) is 19.4 Å². The maximum Gasteiger partial charge on any atom is 0.410 e. The number of rotatable bonds is 4. The highest BCUT2D eigenvalue weighted by Gasteiger charge is 2.39. The fraction of sp³-hybridized carbons (Fsp3) is 0.929. The van der Waals surface area contributed by atoms with Crippen molar-refractivity contribution in [2.75, 3.05) is 13.1 Å². The Morgan fingerprint density at radius 3 is 2.22 bits per heavy atom. The van der Waals surface area contributed by atoms with Gasteiger partial charge in [-0.05, 0) is 54.0 Å². The normalized spacial score (nSPS) is 18.4. The van der Waals surface area contributed by atoms with Crippen LogP contribution in [-0.4, -0.2) is 35.7 Å². The van der Waals surface area contributed by atoms with Crippen molar-refractivity contribution >= 4 is 6.09 Å². The third kappa shape index (κ3) is 3.87. The Labute approximate surface area is 111 Å². The van der Waals surface area contributed by atoms with E-state index in [2.05, 4.69) is 0 Å². The van der Waals surface area contributed by atoms with Gasteiger partial charge in [0.2, 0.25) is 0 Å². The van der Waals surface area contributed by atoms with Crippen molar-refractivity contribution in [1.29, 1.82) is 0 Å². The van der Waals surface area contributed by atoms with Crippen LogP contribution in [0.3, 0.4) is 0 Å². The van der Waals surface area contributed by atoms with Gasteiger partial charge in [-0.1, -0.05) is 6.42 Å². The predicted molar refractivity (Wildman–Crippen MR) is 73.4 cm³/mol. The lowest BCUT2D eigenvalue weighted by molar-refractivity contribution is -0.00223. The highest BCUT2D eigenvalue weighted by atomic mass is 16.6. The van der Waals surface area contributed by atoms with Gasteiger partial charge in [-0.15, -0.1) is 0 Å². The molecule has 0 aliphatic heterocycles. The zero-order chi connectivity index (χ0) is 14.0. The van der Waals surface area contributed by atoms with Crippen molar-refractivity contribution < 1.29 is 9.53 Å². The summed E-state index contributed by atoms with van der Waals surface area (Å²) in [7, 11) is 0. The van der Waals surface area contributed by atoms with Gasteiger partial charge in [-0.25, -0.2) is 4.79 Å². The first-order chi connectivity index (χ1) is 8.19. The molecule has 0 spiro atoms. The first-order valence-electron chi connectivity index (χ1n) is 6.89. The second-order valence-corrected chi connectivity index (χ2v) is 6.76. The molecule has 1 aliphatic carbocycles. The SMILES string of the molecule is CC(C)N(CC1(CN)CCC1)C(=O)OC(C)(C)C. The van der Waals surface area contributed by atoms with Crippen LogP contribution in [0.25, 0.3) is 0 Å². The molecule has 4 nitrogen and oxygen atoms in total. The van der Waals surface area contributed by atoms with E-state index in [4.69, 9.17) is 10.5 Å². The first-order valence-corrected chi connectivity index (χ1v) is 6.89. The molecule has 18 heavy (non-hydrogen) atoms. The monoisotopic (exact) mass is 256 g/mol. The predicted octanol–water partition coefficient (Wildman–Crippen LogP) is 2.76. The van der Waals surface area contributed by atoms with Crippen LogP contribution in [0.1, 0.15) is 53.9 Å². The Hall–Kier alpha value is -0.770. The Kier molecular flexibility index (Phi) is 4.65. The van der Waals surface area contributed by atoms with Crippen LogP contribution in [0.4, 0.5) is 4.79 Å². The molecule has 0 aromatic carbocycles. The van der Waals surface area contributed by atoms with Gasteiger partial charge in [0.25, 0.3) is 0 Å². The zero-order valence-corrected chi connectivity index (χ0v) is 12.5. The summed E-state index contributed by atoms with van der Waals surface area (Å²) < 4.78 is 5.47. The third-order valence-electron chi connectivity index (χ3n) is 3.60. The average Bonchev–Trinajstić information content (AvgIpc) is 2.13. The largest absolute Gasteiger partial charge is 0.444 e. The molecule has 0 atom stereocenters. The van der Waals surface area contributed by atoms with Crippen molar-refractivity contribution in [3.8, 4) is 0 Å². The molecular formula is C14H28N2O2. The minimum absolute atomic E-state index is 0.126. The minimum atomic E-state index is -0.445. The van der Waals surface area contributed by atoms with Crippen LogP contribution in [0.2, 0.25) is 0 Å². The van der Waals surface area contributed by atoms with Crippen LogP contribution in [0.5, 0.6) is 0 Å². The van der Waals surface area contributed by atoms with Gasteiger partial charge in [-0.2, -0.15) is 0 Å². The third-order valence-corrected chi connectivity index (χ3v) is 3.60. The maximum absolute atomic E-state index is 12.2. The molecule has 0 aromatic heterocycles. The number of nitrogens with two attached hydrogens (primary N) is 1. The van der Waals surface area contributed by atoms with Crippen LogP contribution in [0, 0.1) is 5.41 Å². The fourth-order valence-corrected chi connectivity index (χ4v) is 2.24. The van der Waals surface area contributed by atoms with Gasteiger partial charge in [0.05, 0.1) is 0 Å². The van der Waals surface area contributed by atoms with Gasteiger partial charge in [0.15, 0.2) is 0 Å². The number of carbonyl (C=O) groups is 1. The van der Waals surface area contributed by atoms with Crippen LogP contribution in [0.15, 0.2) is 0 Å². The molecule has 0 radical (unpaired) electrons. The van der Waals surface area contributed by atoms with Crippen molar-refractivity contribution in [3.63, 3.8) is 0 Å². The molecule has 106 valence electrons. The molecular weight excluding hydrogens is 228 g/mol. The average molecular weight is 256 g/mol. The van der Waals surface area contributed by atoms with Crippen molar-refractivity contribution in [3.05, 3.63) is 0 Å². The van der Waals surface area contributed by atoms with Gasteiger partial charge >= 0.3 is 6.09 Å². The molecule has 1 amide bonds. The number of nitrogens with zero attached hydrogens (tertiary/aromatic N) is 1. The number of hydrogen-bond acceptors (Lipinski definition) is 3. The van der Waals surface area contributed by atoms with Crippen LogP contribution in [-0.2, 0) is 4.74 Å². The Morgan fingerprint density at radius 1 is 1.39 bits per heavy atom. The molecule has 2 N–H and O–H groups in total. The summed E-state index contributed by atoms with van der Waals surface area (Å²) in [5.41, 5.74) is 5.55. The summed E-state index contributed by atoms with van der Waals surface area (Å²) in [4.78, 5) is 14.0. The molecule has 0 heterocycles. The summed E-state index contributed by atoms with van der Waals surface area (Å²) in [6, 6.07) is 0.142. The molecule has 1 saturated carbocycles. The zero-order valence-electron chi connectivity index (χ0n) is 12.5. The Balaban J connectivity index is 2.68. The van der Waals surface area contributed by atoms with Gasteiger partial charge < -0.3 is 15.4 Å². The number of hydrogen-bond donors (Lipinski definition) is 1. The number of amides is 1. The van der Waals surface area contributed by atoms with E-state index in [0.29, 0.717) is 6.54 Å². The maximum atomic E-state index is 12.2. The molecule has 1 aliphatic rings. The van der Waals surface area contributed by atoms with Gasteiger partial charge in [0.1, 0.15) is 5.60 Å².